The second kappa shape index (κ2) is 12.6. The van der Waals surface area contributed by atoms with E-state index in [1.54, 1.807) is 18.2 Å². The molecular formula is C21H36FN5O. The summed E-state index contributed by atoms with van der Waals surface area (Å²) in [4.78, 5) is 9.52. The summed E-state index contributed by atoms with van der Waals surface area (Å²) in [5.41, 5.74) is 0. The molecule has 0 aliphatic carbocycles. The number of para-hydroxylation sites is 1. The van der Waals surface area contributed by atoms with Crippen LogP contribution in [0.5, 0.6) is 5.75 Å². The highest BCUT2D eigenvalue weighted by Crippen LogP contribution is 2.16. The second-order valence-electron chi connectivity index (χ2n) is 7.36. The molecule has 1 heterocycles. The Morgan fingerprint density at radius 1 is 1.21 bits per heavy atom. The molecule has 0 bridgehead atoms. The van der Waals surface area contributed by atoms with E-state index in [1.807, 2.05) is 13.8 Å². The number of aliphatic imine (C=N–C) groups is 1. The van der Waals surface area contributed by atoms with Crippen molar-refractivity contribution in [3.63, 3.8) is 0 Å². The van der Waals surface area contributed by atoms with E-state index in [-0.39, 0.29) is 17.7 Å². The Morgan fingerprint density at radius 3 is 2.82 bits per heavy atom. The van der Waals surface area contributed by atoms with Crippen LogP contribution in [0.1, 0.15) is 26.7 Å². The lowest BCUT2D eigenvalue weighted by molar-refractivity contribution is 0.220. The van der Waals surface area contributed by atoms with Gasteiger partial charge in [0.25, 0.3) is 0 Å². The first kappa shape index (κ1) is 22.4. The van der Waals surface area contributed by atoms with Gasteiger partial charge in [-0.15, -0.1) is 0 Å². The van der Waals surface area contributed by atoms with Crippen molar-refractivity contribution in [1.82, 2.24) is 20.4 Å². The SMILES string of the molecule is CCNC(=NCC(C)Oc1ccccc1F)NCCCN1CCCN(C)CC1. The third-order valence-electron chi connectivity index (χ3n) is 4.77. The predicted molar refractivity (Wildman–Crippen MR) is 114 cm³/mol. The molecule has 0 saturated carbocycles. The minimum atomic E-state index is -0.344. The van der Waals surface area contributed by atoms with E-state index in [0.717, 1.165) is 45.1 Å². The molecule has 0 radical (unpaired) electrons. The van der Waals surface area contributed by atoms with Gasteiger partial charge in [-0.1, -0.05) is 12.1 Å². The summed E-state index contributed by atoms with van der Waals surface area (Å²) in [5.74, 6) is 0.705. The van der Waals surface area contributed by atoms with Crippen molar-refractivity contribution in [1.29, 1.82) is 0 Å². The van der Waals surface area contributed by atoms with Crippen LogP contribution in [0.3, 0.4) is 0 Å². The van der Waals surface area contributed by atoms with Crippen molar-refractivity contribution >= 4 is 5.96 Å². The summed E-state index contributed by atoms with van der Waals surface area (Å²) in [5, 5.41) is 6.64. The maximum atomic E-state index is 13.7. The number of rotatable bonds is 9. The Kier molecular flexibility index (Phi) is 10.1. The van der Waals surface area contributed by atoms with Crippen molar-refractivity contribution in [3.05, 3.63) is 30.1 Å². The number of hydrogen-bond acceptors (Lipinski definition) is 4. The van der Waals surface area contributed by atoms with Crippen LogP contribution < -0.4 is 15.4 Å². The van der Waals surface area contributed by atoms with Crippen LogP contribution in [0.15, 0.2) is 29.3 Å². The van der Waals surface area contributed by atoms with Crippen molar-refractivity contribution in [2.24, 2.45) is 4.99 Å². The lowest BCUT2D eigenvalue weighted by Gasteiger charge is -2.20. The van der Waals surface area contributed by atoms with Crippen LogP contribution in [0.4, 0.5) is 4.39 Å². The Bertz CT molecular complexity index is 598. The topological polar surface area (TPSA) is 52.1 Å². The Balaban J connectivity index is 1.71. The number of guanidine groups is 1. The lowest BCUT2D eigenvalue weighted by atomic mass is 10.3. The van der Waals surface area contributed by atoms with Crippen LogP contribution in [-0.4, -0.2) is 81.3 Å². The van der Waals surface area contributed by atoms with Crippen LogP contribution in [-0.2, 0) is 0 Å². The average Bonchev–Trinajstić information content (AvgIpc) is 2.89. The van der Waals surface area contributed by atoms with Crippen LogP contribution in [0.25, 0.3) is 0 Å². The molecule has 1 unspecified atom stereocenters. The van der Waals surface area contributed by atoms with E-state index in [9.17, 15) is 4.39 Å². The van der Waals surface area contributed by atoms with Crippen LogP contribution in [0, 0.1) is 5.82 Å². The highest BCUT2D eigenvalue weighted by molar-refractivity contribution is 5.79. The molecule has 0 amide bonds. The molecule has 0 aromatic heterocycles. The fourth-order valence-corrected chi connectivity index (χ4v) is 3.19. The molecule has 1 aromatic carbocycles. The maximum absolute atomic E-state index is 13.7. The molecule has 7 heteroatoms. The Labute approximate surface area is 169 Å². The molecule has 1 aliphatic heterocycles. The fraction of sp³-hybridized carbons (Fsp3) is 0.667. The number of nitrogens with one attached hydrogen (secondary N) is 2. The summed E-state index contributed by atoms with van der Waals surface area (Å²) in [7, 11) is 2.20. The Morgan fingerprint density at radius 2 is 2.04 bits per heavy atom. The zero-order chi connectivity index (χ0) is 20.2. The fourth-order valence-electron chi connectivity index (χ4n) is 3.19. The van der Waals surface area contributed by atoms with Crippen molar-refractivity contribution in [3.8, 4) is 5.75 Å². The van der Waals surface area contributed by atoms with Gasteiger partial charge in [-0.3, -0.25) is 0 Å². The van der Waals surface area contributed by atoms with Crippen molar-refractivity contribution < 1.29 is 9.13 Å². The minimum absolute atomic E-state index is 0.207. The summed E-state index contributed by atoms with van der Waals surface area (Å²) in [6.07, 6.45) is 2.12. The highest BCUT2D eigenvalue weighted by Gasteiger charge is 2.11. The van der Waals surface area contributed by atoms with E-state index < -0.39 is 0 Å². The summed E-state index contributed by atoms with van der Waals surface area (Å²) in [6.45, 7) is 11.9. The first-order valence-corrected chi connectivity index (χ1v) is 10.4. The zero-order valence-corrected chi connectivity index (χ0v) is 17.6. The third-order valence-corrected chi connectivity index (χ3v) is 4.77. The molecule has 1 atom stereocenters. The molecule has 6 nitrogen and oxygen atoms in total. The van der Waals surface area contributed by atoms with E-state index >= 15 is 0 Å². The van der Waals surface area contributed by atoms with Gasteiger partial charge in [-0.05, 0) is 65.5 Å². The van der Waals surface area contributed by atoms with Gasteiger partial charge in [-0.25, -0.2) is 9.38 Å². The molecule has 1 fully saturated rings. The number of hydrogen-bond donors (Lipinski definition) is 2. The molecule has 158 valence electrons. The van der Waals surface area contributed by atoms with Crippen molar-refractivity contribution in [2.45, 2.75) is 32.8 Å². The van der Waals surface area contributed by atoms with Crippen LogP contribution in [0.2, 0.25) is 0 Å². The molecule has 2 N–H and O–H groups in total. The van der Waals surface area contributed by atoms with E-state index in [1.165, 1.54) is 25.6 Å². The van der Waals surface area contributed by atoms with Gasteiger partial charge in [0.1, 0.15) is 6.10 Å². The first-order chi connectivity index (χ1) is 13.6. The van der Waals surface area contributed by atoms with Gasteiger partial charge >= 0.3 is 0 Å². The van der Waals surface area contributed by atoms with E-state index in [0.29, 0.717) is 6.54 Å². The van der Waals surface area contributed by atoms with Gasteiger partial charge in [-0.2, -0.15) is 0 Å². The highest BCUT2D eigenvalue weighted by atomic mass is 19.1. The number of ether oxygens (including phenoxy) is 1. The second-order valence-corrected chi connectivity index (χ2v) is 7.36. The number of benzene rings is 1. The van der Waals surface area contributed by atoms with Gasteiger partial charge in [0, 0.05) is 26.2 Å². The number of likely N-dealkylation sites (N-methyl/N-ethyl adjacent to an activating group) is 1. The molecular weight excluding hydrogens is 357 g/mol. The summed E-state index contributed by atoms with van der Waals surface area (Å²) < 4.78 is 19.3. The molecule has 1 aromatic rings. The van der Waals surface area contributed by atoms with Gasteiger partial charge in [0.05, 0.1) is 6.54 Å². The predicted octanol–water partition coefficient (Wildman–Crippen LogP) is 2.18. The molecule has 1 saturated heterocycles. The quantitative estimate of drug-likeness (QED) is 0.383. The standard InChI is InChI=1S/C21H36FN5O/c1-4-23-21(24-11-7-13-27-14-8-12-26(3)15-16-27)25-17-18(2)28-20-10-6-5-9-19(20)22/h5-6,9-10,18H,4,7-8,11-17H2,1-3H3,(H2,23,24,25). The van der Waals surface area contributed by atoms with E-state index in [2.05, 4.69) is 32.5 Å². The normalized spacial score (nSPS) is 17.8. The average molecular weight is 394 g/mol. The maximum Gasteiger partial charge on any atom is 0.191 e. The van der Waals surface area contributed by atoms with Crippen LogP contribution >= 0.6 is 0 Å². The minimum Gasteiger partial charge on any atom is -0.486 e. The van der Waals surface area contributed by atoms with E-state index in [4.69, 9.17) is 4.74 Å². The number of halogens is 1. The van der Waals surface area contributed by atoms with Gasteiger partial charge in [0.2, 0.25) is 0 Å². The zero-order valence-electron chi connectivity index (χ0n) is 17.6. The molecule has 1 aliphatic rings. The molecule has 0 spiro atoms. The lowest BCUT2D eigenvalue weighted by Crippen LogP contribution is -2.39. The molecule has 28 heavy (non-hydrogen) atoms. The van der Waals surface area contributed by atoms with Gasteiger partial charge in [0.15, 0.2) is 17.5 Å². The monoisotopic (exact) mass is 393 g/mol. The summed E-state index contributed by atoms with van der Waals surface area (Å²) in [6, 6.07) is 6.46. The first-order valence-electron chi connectivity index (χ1n) is 10.4. The third kappa shape index (κ3) is 8.44. The van der Waals surface area contributed by atoms with Gasteiger partial charge < -0.3 is 25.2 Å². The summed E-state index contributed by atoms with van der Waals surface area (Å²) >= 11 is 0. The molecule has 2 rings (SSSR count). The number of nitrogens with zero attached hydrogens (tertiary/aromatic N) is 3. The largest absolute Gasteiger partial charge is 0.486 e. The smallest absolute Gasteiger partial charge is 0.191 e. The Hall–Kier alpha value is -1.86. The van der Waals surface area contributed by atoms with Crippen molar-refractivity contribution in [2.75, 3.05) is 59.4 Å².